The predicted octanol–water partition coefficient (Wildman–Crippen LogP) is 2.75. The van der Waals surface area contributed by atoms with Crippen LogP contribution in [-0.4, -0.2) is 15.8 Å². The molecule has 1 saturated carbocycles. The lowest BCUT2D eigenvalue weighted by Crippen LogP contribution is -2.15. The average Bonchev–Trinajstić information content (AvgIpc) is 2.91. The Hall–Kier alpha value is -1.13. The first-order chi connectivity index (χ1) is 8.81. The van der Waals surface area contributed by atoms with E-state index in [2.05, 4.69) is 45.0 Å². The van der Waals surface area contributed by atoms with Crippen LogP contribution in [0.2, 0.25) is 0 Å². The Morgan fingerprint density at radius 1 is 1.50 bits per heavy atom. The third kappa shape index (κ3) is 3.00. The van der Waals surface area contributed by atoms with Crippen LogP contribution in [0.15, 0.2) is 23.0 Å². The summed E-state index contributed by atoms with van der Waals surface area (Å²) in [6.45, 7) is 4.04. The zero-order valence-electron chi connectivity index (χ0n) is 10.7. The third-order valence-electron chi connectivity index (χ3n) is 3.42. The van der Waals surface area contributed by atoms with E-state index in [9.17, 15) is 0 Å². The molecule has 96 valence electrons. The molecule has 1 N–H and O–H groups in total. The monoisotopic (exact) mass is 261 g/mol. The van der Waals surface area contributed by atoms with E-state index >= 15 is 0 Å². The normalized spacial score (nSPS) is 15.2. The number of thiophene rings is 1. The number of hydrogen-bond acceptors (Lipinski definition) is 3. The van der Waals surface area contributed by atoms with Crippen molar-refractivity contribution in [2.24, 2.45) is 0 Å². The highest BCUT2D eigenvalue weighted by Gasteiger charge is 2.20. The molecule has 2 aromatic rings. The van der Waals surface area contributed by atoms with Gasteiger partial charge in [0.05, 0.1) is 5.69 Å². The Bertz CT molecular complexity index is 497. The minimum Gasteiger partial charge on any atom is -0.310 e. The first-order valence-electron chi connectivity index (χ1n) is 6.58. The van der Waals surface area contributed by atoms with Crippen molar-refractivity contribution in [1.82, 2.24) is 15.1 Å². The van der Waals surface area contributed by atoms with Gasteiger partial charge in [0, 0.05) is 30.9 Å². The Balaban J connectivity index is 1.56. The average molecular weight is 261 g/mol. The van der Waals surface area contributed by atoms with Crippen LogP contribution >= 0.6 is 11.3 Å². The number of nitrogens with zero attached hydrogens (tertiary/aromatic N) is 2. The molecule has 18 heavy (non-hydrogen) atoms. The molecule has 1 fully saturated rings. The standard InChI is InChI=1S/C14H19N3S/c1-11-13(8-15-14-2-3-14)9-17(16-11)6-4-12-5-7-18-10-12/h5,7,9-10,14-15H,2-4,6,8H2,1H3. The quantitative estimate of drug-likeness (QED) is 0.866. The summed E-state index contributed by atoms with van der Waals surface area (Å²) in [7, 11) is 0. The topological polar surface area (TPSA) is 29.9 Å². The maximum atomic E-state index is 4.59. The fraction of sp³-hybridized carbons (Fsp3) is 0.500. The fourth-order valence-corrected chi connectivity index (χ4v) is 2.77. The summed E-state index contributed by atoms with van der Waals surface area (Å²) in [5.41, 5.74) is 3.91. The first kappa shape index (κ1) is 11.9. The van der Waals surface area contributed by atoms with Gasteiger partial charge >= 0.3 is 0 Å². The van der Waals surface area contributed by atoms with Gasteiger partial charge in [0.15, 0.2) is 0 Å². The Kier molecular flexibility index (Phi) is 3.48. The minimum absolute atomic E-state index is 0.763. The van der Waals surface area contributed by atoms with Gasteiger partial charge in [-0.1, -0.05) is 0 Å². The minimum atomic E-state index is 0.763. The van der Waals surface area contributed by atoms with Crippen molar-refractivity contribution < 1.29 is 0 Å². The SMILES string of the molecule is Cc1nn(CCc2ccsc2)cc1CNC1CC1. The van der Waals surface area contributed by atoms with Crippen LogP contribution < -0.4 is 5.32 Å². The third-order valence-corrected chi connectivity index (χ3v) is 4.15. The van der Waals surface area contributed by atoms with E-state index in [1.165, 1.54) is 24.0 Å². The fourth-order valence-electron chi connectivity index (χ4n) is 2.07. The van der Waals surface area contributed by atoms with Crippen LogP contribution in [0.1, 0.15) is 29.7 Å². The molecule has 0 spiro atoms. The lowest BCUT2D eigenvalue weighted by atomic mass is 10.2. The summed E-state index contributed by atoms with van der Waals surface area (Å²) in [5.74, 6) is 0. The van der Waals surface area contributed by atoms with Crippen molar-refractivity contribution in [2.75, 3.05) is 0 Å². The largest absolute Gasteiger partial charge is 0.310 e. The zero-order chi connectivity index (χ0) is 12.4. The van der Waals surface area contributed by atoms with E-state index in [0.29, 0.717) is 0 Å². The van der Waals surface area contributed by atoms with Crippen molar-refractivity contribution in [3.63, 3.8) is 0 Å². The number of rotatable bonds is 6. The number of hydrogen-bond donors (Lipinski definition) is 1. The molecule has 1 aliphatic rings. The Morgan fingerprint density at radius 3 is 3.11 bits per heavy atom. The molecular weight excluding hydrogens is 242 g/mol. The molecule has 0 amide bonds. The van der Waals surface area contributed by atoms with E-state index in [1.54, 1.807) is 11.3 Å². The molecule has 2 heterocycles. The maximum Gasteiger partial charge on any atom is 0.0638 e. The van der Waals surface area contributed by atoms with Crippen LogP contribution in [0.3, 0.4) is 0 Å². The van der Waals surface area contributed by atoms with Gasteiger partial charge in [-0.2, -0.15) is 16.4 Å². The van der Waals surface area contributed by atoms with Gasteiger partial charge < -0.3 is 5.32 Å². The van der Waals surface area contributed by atoms with Crippen molar-refractivity contribution in [3.8, 4) is 0 Å². The van der Waals surface area contributed by atoms with E-state index in [0.717, 1.165) is 31.2 Å². The van der Waals surface area contributed by atoms with Crippen molar-refractivity contribution in [2.45, 2.75) is 45.3 Å². The van der Waals surface area contributed by atoms with Crippen LogP contribution in [0, 0.1) is 6.92 Å². The number of nitrogens with one attached hydrogen (secondary N) is 1. The van der Waals surface area contributed by atoms with Gasteiger partial charge in [-0.25, -0.2) is 0 Å². The maximum absolute atomic E-state index is 4.59. The molecule has 1 aliphatic carbocycles. The molecule has 0 atom stereocenters. The van der Waals surface area contributed by atoms with E-state index in [1.807, 2.05) is 0 Å². The molecule has 0 bridgehead atoms. The molecule has 0 aliphatic heterocycles. The van der Waals surface area contributed by atoms with Gasteiger partial charge in [0.2, 0.25) is 0 Å². The molecule has 4 heteroatoms. The summed E-state index contributed by atoms with van der Waals surface area (Å²) in [6.07, 6.45) is 5.94. The molecule has 0 radical (unpaired) electrons. The van der Waals surface area contributed by atoms with Crippen LogP contribution in [0.5, 0.6) is 0 Å². The summed E-state index contributed by atoms with van der Waals surface area (Å²) in [6, 6.07) is 2.95. The van der Waals surface area contributed by atoms with E-state index in [-0.39, 0.29) is 0 Å². The summed E-state index contributed by atoms with van der Waals surface area (Å²) in [5, 5.41) is 12.5. The highest BCUT2D eigenvalue weighted by Crippen LogP contribution is 2.19. The van der Waals surface area contributed by atoms with Crippen LogP contribution in [0.4, 0.5) is 0 Å². The second kappa shape index (κ2) is 5.24. The molecule has 3 nitrogen and oxygen atoms in total. The molecule has 2 aromatic heterocycles. The van der Waals surface area contributed by atoms with Gasteiger partial charge in [-0.05, 0) is 48.6 Å². The number of aromatic nitrogens is 2. The van der Waals surface area contributed by atoms with E-state index in [4.69, 9.17) is 0 Å². The Morgan fingerprint density at radius 2 is 2.39 bits per heavy atom. The van der Waals surface area contributed by atoms with Crippen LogP contribution in [-0.2, 0) is 19.5 Å². The molecule has 0 aromatic carbocycles. The van der Waals surface area contributed by atoms with Crippen molar-refractivity contribution in [1.29, 1.82) is 0 Å². The lowest BCUT2D eigenvalue weighted by Gasteiger charge is -2.00. The molecule has 0 unspecified atom stereocenters. The van der Waals surface area contributed by atoms with Gasteiger partial charge in [0.1, 0.15) is 0 Å². The summed E-state index contributed by atoms with van der Waals surface area (Å²) < 4.78 is 2.08. The van der Waals surface area contributed by atoms with Crippen LogP contribution in [0.25, 0.3) is 0 Å². The summed E-state index contributed by atoms with van der Waals surface area (Å²) >= 11 is 1.76. The first-order valence-corrected chi connectivity index (χ1v) is 7.53. The summed E-state index contributed by atoms with van der Waals surface area (Å²) in [4.78, 5) is 0. The molecule has 0 saturated heterocycles. The van der Waals surface area contributed by atoms with Crippen molar-refractivity contribution >= 4 is 11.3 Å². The lowest BCUT2D eigenvalue weighted by molar-refractivity contribution is 0.609. The highest BCUT2D eigenvalue weighted by atomic mass is 32.1. The molecule has 3 rings (SSSR count). The zero-order valence-corrected chi connectivity index (χ0v) is 11.5. The smallest absolute Gasteiger partial charge is 0.0638 e. The Labute approximate surface area is 112 Å². The second-order valence-corrected chi connectivity index (χ2v) is 5.82. The van der Waals surface area contributed by atoms with Crippen molar-refractivity contribution in [3.05, 3.63) is 39.8 Å². The van der Waals surface area contributed by atoms with Gasteiger partial charge in [-0.3, -0.25) is 4.68 Å². The molecular formula is C14H19N3S. The van der Waals surface area contributed by atoms with E-state index < -0.39 is 0 Å². The predicted molar refractivity (Wildman–Crippen MR) is 74.8 cm³/mol. The van der Waals surface area contributed by atoms with Gasteiger partial charge in [-0.15, -0.1) is 0 Å². The highest BCUT2D eigenvalue weighted by molar-refractivity contribution is 7.07. The van der Waals surface area contributed by atoms with Gasteiger partial charge in [0.25, 0.3) is 0 Å². The second-order valence-electron chi connectivity index (χ2n) is 5.04. The number of aryl methyl sites for hydroxylation is 3.